The van der Waals surface area contributed by atoms with Crippen molar-refractivity contribution in [1.82, 2.24) is 14.9 Å². The van der Waals surface area contributed by atoms with E-state index in [1.165, 1.54) is 34.3 Å². The maximum Gasteiger partial charge on any atom is 0.125 e. The van der Waals surface area contributed by atoms with Gasteiger partial charge in [-0.05, 0) is 76.2 Å². The van der Waals surface area contributed by atoms with Crippen LogP contribution < -0.4 is 11.1 Å². The monoisotopic (exact) mass is 437 g/mol. The van der Waals surface area contributed by atoms with E-state index in [9.17, 15) is 0 Å². The maximum absolute atomic E-state index is 5.75. The molecule has 1 aromatic carbocycles. The molecule has 2 atom stereocenters. The van der Waals surface area contributed by atoms with Crippen LogP contribution in [0.2, 0.25) is 0 Å². The number of thiazole rings is 1. The summed E-state index contributed by atoms with van der Waals surface area (Å²) in [5, 5.41) is 4.81. The quantitative estimate of drug-likeness (QED) is 0.413. The fourth-order valence-electron chi connectivity index (χ4n) is 4.54. The molecule has 1 aliphatic rings. The summed E-state index contributed by atoms with van der Waals surface area (Å²) in [5.74, 6) is 0.565. The fraction of sp³-hybridized carbons (Fsp3) is 0.391. The van der Waals surface area contributed by atoms with Gasteiger partial charge in [0, 0.05) is 34.1 Å². The number of piperidine rings is 1. The SMILES string of the molecule is C[C@H]1[C@@H](c2cc3c(Nc4ccc5scnc5c4)ccnc3s2)CCCN1CCCN. The summed E-state index contributed by atoms with van der Waals surface area (Å²) >= 11 is 3.52. The van der Waals surface area contributed by atoms with E-state index in [-0.39, 0.29) is 0 Å². The van der Waals surface area contributed by atoms with E-state index < -0.39 is 0 Å². The van der Waals surface area contributed by atoms with Crippen molar-refractivity contribution < 1.29 is 0 Å². The largest absolute Gasteiger partial charge is 0.355 e. The molecule has 5 nitrogen and oxygen atoms in total. The number of aromatic nitrogens is 2. The van der Waals surface area contributed by atoms with Crippen LogP contribution in [0.4, 0.5) is 11.4 Å². The molecule has 3 aromatic heterocycles. The molecule has 5 rings (SSSR count). The van der Waals surface area contributed by atoms with Crippen molar-refractivity contribution >= 4 is 54.5 Å². The summed E-state index contributed by atoms with van der Waals surface area (Å²) in [5.41, 5.74) is 10.9. The molecule has 4 aromatic rings. The van der Waals surface area contributed by atoms with Crippen molar-refractivity contribution in [2.45, 2.75) is 38.1 Å². The third kappa shape index (κ3) is 3.83. The number of benzene rings is 1. The summed E-state index contributed by atoms with van der Waals surface area (Å²) < 4.78 is 1.21. The Labute approximate surface area is 185 Å². The molecular weight excluding hydrogens is 410 g/mol. The Morgan fingerprint density at radius 3 is 3.07 bits per heavy atom. The van der Waals surface area contributed by atoms with Crippen LogP contribution >= 0.6 is 22.7 Å². The van der Waals surface area contributed by atoms with Gasteiger partial charge in [0.1, 0.15) is 4.83 Å². The number of hydrogen-bond donors (Lipinski definition) is 2. The lowest BCUT2D eigenvalue weighted by Gasteiger charge is -2.39. The first kappa shape index (κ1) is 19.9. The lowest BCUT2D eigenvalue weighted by molar-refractivity contribution is 0.139. The van der Waals surface area contributed by atoms with Gasteiger partial charge in [-0.15, -0.1) is 22.7 Å². The average Bonchev–Trinajstić information content (AvgIpc) is 3.40. The van der Waals surface area contributed by atoms with Crippen LogP contribution in [-0.4, -0.2) is 40.5 Å². The van der Waals surface area contributed by atoms with Gasteiger partial charge in [0.15, 0.2) is 0 Å². The van der Waals surface area contributed by atoms with E-state index in [2.05, 4.69) is 57.4 Å². The summed E-state index contributed by atoms with van der Waals surface area (Å²) in [6.07, 6.45) is 5.48. The first-order chi connectivity index (χ1) is 14.7. The highest BCUT2D eigenvalue weighted by Gasteiger charge is 2.30. The summed E-state index contributed by atoms with van der Waals surface area (Å²) in [7, 11) is 0. The summed E-state index contributed by atoms with van der Waals surface area (Å²) in [6.45, 7) is 5.43. The number of likely N-dealkylation sites (tertiary alicyclic amines) is 1. The molecule has 0 amide bonds. The van der Waals surface area contributed by atoms with Gasteiger partial charge in [-0.2, -0.15) is 0 Å². The van der Waals surface area contributed by atoms with Crippen LogP contribution in [0.15, 0.2) is 42.0 Å². The van der Waals surface area contributed by atoms with E-state index in [0.717, 1.165) is 41.2 Å². The minimum atomic E-state index is 0.543. The Morgan fingerprint density at radius 2 is 2.17 bits per heavy atom. The van der Waals surface area contributed by atoms with Crippen molar-refractivity contribution in [3.05, 3.63) is 46.9 Å². The number of thiophene rings is 1. The molecule has 0 bridgehead atoms. The molecule has 0 spiro atoms. The van der Waals surface area contributed by atoms with Gasteiger partial charge < -0.3 is 11.1 Å². The minimum absolute atomic E-state index is 0.543. The van der Waals surface area contributed by atoms with Crippen LogP contribution in [0.25, 0.3) is 20.4 Å². The molecule has 1 aliphatic heterocycles. The Hall–Kier alpha value is -2.06. The topological polar surface area (TPSA) is 67.1 Å². The number of nitrogens with zero attached hydrogens (tertiary/aromatic N) is 3. The number of pyridine rings is 1. The first-order valence-corrected chi connectivity index (χ1v) is 12.4. The number of nitrogens with one attached hydrogen (secondary N) is 1. The number of nitrogens with two attached hydrogens (primary N) is 1. The Kier molecular flexibility index (Phi) is 5.69. The zero-order valence-corrected chi connectivity index (χ0v) is 18.8. The van der Waals surface area contributed by atoms with Crippen LogP contribution in [0.1, 0.15) is 37.0 Å². The molecule has 0 aliphatic carbocycles. The molecule has 0 unspecified atom stereocenters. The van der Waals surface area contributed by atoms with Crippen LogP contribution in [-0.2, 0) is 0 Å². The predicted octanol–water partition coefficient (Wildman–Crippen LogP) is 5.57. The molecule has 30 heavy (non-hydrogen) atoms. The number of fused-ring (bicyclic) bond motifs is 2. The second kappa shape index (κ2) is 8.59. The van der Waals surface area contributed by atoms with Gasteiger partial charge >= 0.3 is 0 Å². The van der Waals surface area contributed by atoms with Gasteiger partial charge in [0.05, 0.1) is 21.4 Å². The Morgan fingerprint density at radius 1 is 1.23 bits per heavy atom. The smallest absolute Gasteiger partial charge is 0.125 e. The third-order valence-corrected chi connectivity index (χ3v) is 8.18. The summed E-state index contributed by atoms with van der Waals surface area (Å²) in [6, 6.07) is 11.4. The van der Waals surface area contributed by atoms with E-state index in [1.54, 1.807) is 11.3 Å². The molecule has 4 heterocycles. The van der Waals surface area contributed by atoms with E-state index >= 15 is 0 Å². The zero-order valence-electron chi connectivity index (χ0n) is 17.2. The zero-order chi connectivity index (χ0) is 20.5. The summed E-state index contributed by atoms with van der Waals surface area (Å²) in [4.78, 5) is 14.3. The maximum atomic E-state index is 5.75. The molecule has 3 N–H and O–H groups in total. The molecule has 1 saturated heterocycles. The van der Waals surface area contributed by atoms with Gasteiger partial charge in [-0.25, -0.2) is 9.97 Å². The number of hydrogen-bond acceptors (Lipinski definition) is 7. The standard InChI is InChI=1S/C23H27N5S2/c1-15-17(4-2-10-28(15)11-3-8-24)22-13-18-19(7-9-25-23(18)30-22)27-16-5-6-21-20(12-16)26-14-29-21/h5-7,9,12-15,17H,2-4,8,10-11,24H2,1H3,(H,25,27)/t15-,17-/m0/s1. The van der Waals surface area contributed by atoms with Crippen molar-refractivity contribution in [3.8, 4) is 0 Å². The molecule has 0 saturated carbocycles. The normalized spacial score (nSPS) is 20.2. The van der Waals surface area contributed by atoms with E-state index in [0.29, 0.717) is 12.0 Å². The highest BCUT2D eigenvalue weighted by Crippen LogP contribution is 2.40. The lowest BCUT2D eigenvalue weighted by atomic mass is 9.88. The number of rotatable bonds is 6. The van der Waals surface area contributed by atoms with Crippen molar-refractivity contribution in [1.29, 1.82) is 0 Å². The van der Waals surface area contributed by atoms with Gasteiger partial charge in [-0.3, -0.25) is 4.90 Å². The van der Waals surface area contributed by atoms with Crippen LogP contribution in [0, 0.1) is 0 Å². The Bertz CT molecular complexity index is 1150. The van der Waals surface area contributed by atoms with E-state index in [1.807, 2.05) is 23.0 Å². The van der Waals surface area contributed by atoms with Gasteiger partial charge in [0.2, 0.25) is 0 Å². The second-order valence-electron chi connectivity index (χ2n) is 8.05. The van der Waals surface area contributed by atoms with Crippen molar-refractivity contribution in [3.63, 3.8) is 0 Å². The molecule has 7 heteroatoms. The molecule has 1 fully saturated rings. The predicted molar refractivity (Wildman–Crippen MR) is 129 cm³/mol. The van der Waals surface area contributed by atoms with Crippen molar-refractivity contribution in [2.75, 3.05) is 25.0 Å². The van der Waals surface area contributed by atoms with Gasteiger partial charge in [-0.1, -0.05) is 0 Å². The first-order valence-electron chi connectivity index (χ1n) is 10.7. The third-order valence-electron chi connectivity index (χ3n) is 6.20. The average molecular weight is 438 g/mol. The van der Waals surface area contributed by atoms with Crippen molar-refractivity contribution in [2.24, 2.45) is 5.73 Å². The molecular formula is C23H27N5S2. The second-order valence-corrected chi connectivity index (χ2v) is 10.0. The molecule has 0 radical (unpaired) electrons. The number of anilines is 2. The molecule has 156 valence electrons. The highest BCUT2D eigenvalue weighted by atomic mass is 32.1. The Balaban J connectivity index is 1.43. The lowest BCUT2D eigenvalue weighted by Crippen LogP contribution is -2.42. The van der Waals surface area contributed by atoms with Gasteiger partial charge in [0.25, 0.3) is 0 Å². The van der Waals surface area contributed by atoms with E-state index in [4.69, 9.17) is 5.73 Å². The highest BCUT2D eigenvalue weighted by molar-refractivity contribution is 7.18. The van der Waals surface area contributed by atoms with Crippen LogP contribution in [0.5, 0.6) is 0 Å². The van der Waals surface area contributed by atoms with Crippen LogP contribution in [0.3, 0.4) is 0 Å². The minimum Gasteiger partial charge on any atom is -0.355 e. The fourth-order valence-corrected chi connectivity index (χ4v) is 6.46.